The van der Waals surface area contributed by atoms with Crippen LogP contribution in [-0.2, 0) is 12.3 Å². The summed E-state index contributed by atoms with van der Waals surface area (Å²) in [6.07, 6.45) is 0.918. The van der Waals surface area contributed by atoms with Crippen molar-refractivity contribution >= 4 is 23.2 Å². The van der Waals surface area contributed by atoms with Gasteiger partial charge in [-0.25, -0.2) is 0 Å². The molecule has 0 fully saturated rings. The van der Waals surface area contributed by atoms with Crippen molar-refractivity contribution in [1.82, 2.24) is 0 Å². The van der Waals surface area contributed by atoms with E-state index in [1.54, 1.807) is 6.07 Å². The molecule has 0 saturated heterocycles. The van der Waals surface area contributed by atoms with Gasteiger partial charge in [-0.2, -0.15) is 0 Å². The molecule has 1 atom stereocenters. The van der Waals surface area contributed by atoms with Crippen molar-refractivity contribution < 1.29 is 9.47 Å². The van der Waals surface area contributed by atoms with Gasteiger partial charge in [0.2, 0.25) is 0 Å². The highest BCUT2D eigenvalue weighted by atomic mass is 35.5. The molecule has 0 saturated carbocycles. The highest BCUT2D eigenvalue weighted by Crippen LogP contribution is 2.30. The van der Waals surface area contributed by atoms with Crippen LogP contribution in [0.25, 0.3) is 0 Å². The molecule has 21 heavy (non-hydrogen) atoms. The third-order valence-corrected chi connectivity index (χ3v) is 4.07. The van der Waals surface area contributed by atoms with Crippen molar-refractivity contribution in [1.29, 1.82) is 0 Å². The van der Waals surface area contributed by atoms with Crippen LogP contribution in [0.1, 0.15) is 16.7 Å². The van der Waals surface area contributed by atoms with Gasteiger partial charge in [0.15, 0.2) is 0 Å². The molecule has 2 nitrogen and oxygen atoms in total. The number of halogens is 2. The third-order valence-electron chi connectivity index (χ3n) is 3.55. The van der Waals surface area contributed by atoms with Crippen molar-refractivity contribution in [2.24, 2.45) is 0 Å². The van der Waals surface area contributed by atoms with E-state index in [2.05, 4.69) is 19.1 Å². The molecule has 0 aromatic heterocycles. The molecule has 3 rings (SSSR count). The minimum atomic E-state index is 0.0423. The van der Waals surface area contributed by atoms with Gasteiger partial charge >= 0.3 is 0 Å². The Bertz CT molecular complexity index is 655. The summed E-state index contributed by atoms with van der Waals surface area (Å²) >= 11 is 11.9. The molecule has 1 unspecified atom stereocenters. The van der Waals surface area contributed by atoms with Gasteiger partial charge in [-0.15, -0.1) is 11.6 Å². The molecule has 0 aliphatic carbocycles. The number of hydrogen-bond donors (Lipinski definition) is 0. The average molecular weight is 323 g/mol. The fourth-order valence-corrected chi connectivity index (χ4v) is 2.92. The van der Waals surface area contributed by atoms with Crippen LogP contribution in [-0.4, -0.2) is 12.7 Å². The van der Waals surface area contributed by atoms with Gasteiger partial charge in [-0.05, 0) is 36.8 Å². The van der Waals surface area contributed by atoms with Crippen LogP contribution in [0.3, 0.4) is 0 Å². The second kappa shape index (κ2) is 6.17. The summed E-state index contributed by atoms with van der Waals surface area (Å²) < 4.78 is 11.8. The van der Waals surface area contributed by atoms with Crippen molar-refractivity contribution in [2.75, 3.05) is 6.61 Å². The van der Waals surface area contributed by atoms with Gasteiger partial charge in [0, 0.05) is 17.0 Å². The van der Waals surface area contributed by atoms with Crippen LogP contribution in [0.15, 0.2) is 36.4 Å². The highest BCUT2D eigenvalue weighted by molar-refractivity contribution is 6.30. The summed E-state index contributed by atoms with van der Waals surface area (Å²) in [6.45, 7) is 2.59. The van der Waals surface area contributed by atoms with Crippen molar-refractivity contribution in [3.63, 3.8) is 0 Å². The number of hydrogen-bond acceptors (Lipinski definition) is 2. The average Bonchev–Trinajstić information content (AvgIpc) is 2.87. The number of fused-ring (bicyclic) bond motifs is 1. The van der Waals surface area contributed by atoms with E-state index < -0.39 is 0 Å². The van der Waals surface area contributed by atoms with Gasteiger partial charge in [0.1, 0.15) is 24.2 Å². The number of rotatable bonds is 4. The molecule has 0 bridgehead atoms. The molecule has 110 valence electrons. The number of alkyl halides is 1. The fraction of sp³-hybridized carbons (Fsp3) is 0.294. The zero-order valence-electron chi connectivity index (χ0n) is 11.7. The maximum atomic E-state index is 5.96. The van der Waals surface area contributed by atoms with E-state index in [1.807, 2.05) is 18.2 Å². The van der Waals surface area contributed by atoms with E-state index in [-0.39, 0.29) is 6.10 Å². The number of aryl methyl sites for hydroxylation is 1. The van der Waals surface area contributed by atoms with Gasteiger partial charge in [-0.1, -0.05) is 29.3 Å². The predicted octanol–water partition coefficient (Wildman–Crippen LogP) is 4.77. The monoisotopic (exact) mass is 322 g/mol. The van der Waals surface area contributed by atoms with Gasteiger partial charge in [0.25, 0.3) is 0 Å². The predicted molar refractivity (Wildman–Crippen MR) is 85.8 cm³/mol. The second-order valence-corrected chi connectivity index (χ2v) is 5.96. The van der Waals surface area contributed by atoms with Crippen LogP contribution in [0.4, 0.5) is 0 Å². The molecule has 4 heteroatoms. The van der Waals surface area contributed by atoms with Crippen molar-refractivity contribution in [3.8, 4) is 11.5 Å². The Kier molecular flexibility index (Phi) is 4.27. The lowest BCUT2D eigenvalue weighted by atomic mass is 10.1. The van der Waals surface area contributed by atoms with E-state index in [0.717, 1.165) is 23.5 Å². The van der Waals surface area contributed by atoms with Crippen LogP contribution < -0.4 is 9.47 Å². The van der Waals surface area contributed by atoms with Gasteiger partial charge < -0.3 is 9.47 Å². The Hall–Kier alpha value is -1.38. The van der Waals surface area contributed by atoms with Crippen LogP contribution in [0, 0.1) is 6.92 Å². The summed E-state index contributed by atoms with van der Waals surface area (Å²) in [5.41, 5.74) is 3.40. The van der Waals surface area contributed by atoms with E-state index >= 15 is 0 Å². The standard InChI is InChI=1S/C17H16Cl2O2/c1-11-2-4-17-12(6-11)8-15(21-17)10-20-16-5-3-14(19)7-13(16)9-18/h2-7,15H,8-10H2,1H3. The van der Waals surface area contributed by atoms with Crippen molar-refractivity contribution in [3.05, 3.63) is 58.1 Å². The van der Waals surface area contributed by atoms with E-state index in [9.17, 15) is 0 Å². The summed E-state index contributed by atoms with van der Waals surface area (Å²) in [5, 5.41) is 0.665. The molecule has 0 N–H and O–H groups in total. The normalized spacial score (nSPS) is 16.4. The molecule has 0 radical (unpaired) electrons. The molecule has 1 aliphatic rings. The van der Waals surface area contributed by atoms with Crippen molar-refractivity contribution in [2.45, 2.75) is 25.3 Å². The second-order valence-electron chi connectivity index (χ2n) is 5.25. The van der Waals surface area contributed by atoms with Gasteiger partial charge in [-0.3, -0.25) is 0 Å². The summed E-state index contributed by atoms with van der Waals surface area (Å²) in [7, 11) is 0. The minimum Gasteiger partial charge on any atom is -0.489 e. The topological polar surface area (TPSA) is 18.5 Å². The minimum absolute atomic E-state index is 0.0423. The Balaban J connectivity index is 1.65. The lowest BCUT2D eigenvalue weighted by molar-refractivity contribution is 0.148. The SMILES string of the molecule is Cc1ccc2c(c1)CC(COc1ccc(Cl)cc1CCl)O2. The Morgan fingerprint density at radius 1 is 1.24 bits per heavy atom. The zero-order chi connectivity index (χ0) is 14.8. The molecule has 2 aromatic rings. The summed E-state index contributed by atoms with van der Waals surface area (Å²) in [6, 6.07) is 11.7. The number of benzene rings is 2. The first-order chi connectivity index (χ1) is 10.2. The van der Waals surface area contributed by atoms with E-state index in [1.165, 1.54) is 11.1 Å². The Morgan fingerprint density at radius 3 is 2.90 bits per heavy atom. The first-order valence-corrected chi connectivity index (χ1v) is 7.80. The van der Waals surface area contributed by atoms with Crippen LogP contribution >= 0.6 is 23.2 Å². The molecular formula is C17H16Cl2O2. The first kappa shape index (κ1) is 14.6. The molecule has 2 aromatic carbocycles. The molecule has 1 heterocycles. The summed E-state index contributed by atoms with van der Waals surface area (Å²) in [4.78, 5) is 0. The molecular weight excluding hydrogens is 307 g/mol. The van der Waals surface area contributed by atoms with E-state index in [4.69, 9.17) is 32.7 Å². The zero-order valence-corrected chi connectivity index (χ0v) is 13.2. The maximum Gasteiger partial charge on any atom is 0.137 e. The Morgan fingerprint density at radius 2 is 2.10 bits per heavy atom. The van der Waals surface area contributed by atoms with Crippen LogP contribution in [0.2, 0.25) is 5.02 Å². The smallest absolute Gasteiger partial charge is 0.137 e. The molecule has 0 spiro atoms. The van der Waals surface area contributed by atoms with Crippen LogP contribution in [0.5, 0.6) is 11.5 Å². The largest absolute Gasteiger partial charge is 0.489 e. The quantitative estimate of drug-likeness (QED) is 0.755. The van der Waals surface area contributed by atoms with E-state index in [0.29, 0.717) is 17.5 Å². The third kappa shape index (κ3) is 3.28. The van der Waals surface area contributed by atoms with Gasteiger partial charge in [0.05, 0.1) is 5.88 Å². The lowest BCUT2D eigenvalue weighted by Gasteiger charge is -2.14. The highest BCUT2D eigenvalue weighted by Gasteiger charge is 2.23. The Labute approximate surface area is 134 Å². The summed E-state index contributed by atoms with van der Waals surface area (Å²) in [5.74, 6) is 2.11. The molecule has 0 amide bonds. The first-order valence-electron chi connectivity index (χ1n) is 6.89. The number of ether oxygens (including phenoxy) is 2. The lowest BCUT2D eigenvalue weighted by Crippen LogP contribution is -2.22. The maximum absolute atomic E-state index is 5.96. The molecule has 1 aliphatic heterocycles. The fourth-order valence-electron chi connectivity index (χ4n) is 2.52.